The van der Waals surface area contributed by atoms with Crippen molar-refractivity contribution in [3.05, 3.63) is 53.0 Å². The molecule has 1 N–H and O–H groups in total. The van der Waals surface area contributed by atoms with E-state index in [0.29, 0.717) is 5.76 Å². The van der Waals surface area contributed by atoms with E-state index in [2.05, 4.69) is 5.32 Å². The predicted octanol–water partition coefficient (Wildman–Crippen LogP) is 2.69. The Morgan fingerprint density at radius 2 is 2.05 bits per heavy atom. The standard InChI is InChI=1S/C17H15NO4/c1-10-2-3-15(22-10)14(19)8-13-12-7-17-16(20-9-21-17)6-11(12)4-5-18-13/h2-3,6-8,18H,4-5,9H2,1H3. The molecule has 22 heavy (non-hydrogen) atoms. The van der Waals surface area contributed by atoms with Crippen LogP contribution in [0.25, 0.3) is 5.70 Å². The number of allylic oxidation sites excluding steroid dienone is 1. The lowest BCUT2D eigenvalue weighted by Gasteiger charge is -2.21. The summed E-state index contributed by atoms with van der Waals surface area (Å²) in [5, 5.41) is 3.28. The van der Waals surface area contributed by atoms with Crippen LogP contribution in [0.15, 0.2) is 34.8 Å². The topological polar surface area (TPSA) is 60.7 Å². The Hall–Kier alpha value is -2.69. The van der Waals surface area contributed by atoms with E-state index >= 15 is 0 Å². The van der Waals surface area contributed by atoms with Gasteiger partial charge in [0.1, 0.15) is 5.76 Å². The Labute approximate surface area is 127 Å². The second-order valence-electron chi connectivity index (χ2n) is 5.37. The van der Waals surface area contributed by atoms with Crippen LogP contribution in [0.4, 0.5) is 0 Å². The zero-order valence-corrected chi connectivity index (χ0v) is 12.1. The fourth-order valence-corrected chi connectivity index (χ4v) is 2.77. The van der Waals surface area contributed by atoms with Crippen LogP contribution < -0.4 is 14.8 Å². The number of nitrogens with one attached hydrogen (secondary N) is 1. The van der Waals surface area contributed by atoms with Gasteiger partial charge < -0.3 is 19.2 Å². The highest BCUT2D eigenvalue weighted by atomic mass is 16.7. The van der Waals surface area contributed by atoms with Crippen LogP contribution in [-0.2, 0) is 6.42 Å². The zero-order valence-electron chi connectivity index (χ0n) is 12.1. The second-order valence-corrected chi connectivity index (χ2v) is 5.37. The molecule has 0 bridgehead atoms. The summed E-state index contributed by atoms with van der Waals surface area (Å²) in [6, 6.07) is 7.40. The number of ketones is 1. The van der Waals surface area contributed by atoms with Crippen molar-refractivity contribution in [3.8, 4) is 11.5 Å². The van der Waals surface area contributed by atoms with Crippen molar-refractivity contribution >= 4 is 11.5 Å². The van der Waals surface area contributed by atoms with E-state index in [0.717, 1.165) is 47.0 Å². The van der Waals surface area contributed by atoms with E-state index in [1.165, 1.54) is 0 Å². The Kier molecular flexibility index (Phi) is 2.92. The highest BCUT2D eigenvalue weighted by Gasteiger charge is 2.22. The molecular formula is C17H15NO4. The summed E-state index contributed by atoms with van der Waals surface area (Å²) in [7, 11) is 0. The van der Waals surface area contributed by atoms with Gasteiger partial charge in [0.05, 0.1) is 0 Å². The molecule has 0 unspecified atom stereocenters. The maximum atomic E-state index is 12.3. The van der Waals surface area contributed by atoms with Gasteiger partial charge in [0.25, 0.3) is 0 Å². The number of benzene rings is 1. The van der Waals surface area contributed by atoms with Gasteiger partial charge in [0.2, 0.25) is 12.6 Å². The van der Waals surface area contributed by atoms with E-state index in [1.54, 1.807) is 18.2 Å². The Balaban J connectivity index is 1.72. The number of furan rings is 1. The largest absolute Gasteiger partial charge is 0.458 e. The molecule has 112 valence electrons. The molecular weight excluding hydrogens is 282 g/mol. The molecule has 1 aromatic carbocycles. The monoisotopic (exact) mass is 297 g/mol. The van der Waals surface area contributed by atoms with Gasteiger partial charge in [-0.2, -0.15) is 0 Å². The van der Waals surface area contributed by atoms with Crippen molar-refractivity contribution < 1.29 is 18.7 Å². The van der Waals surface area contributed by atoms with E-state index in [9.17, 15) is 4.79 Å². The number of ether oxygens (including phenoxy) is 2. The fraction of sp³-hybridized carbons (Fsp3) is 0.235. The average Bonchev–Trinajstić information content (AvgIpc) is 3.13. The highest BCUT2D eigenvalue weighted by molar-refractivity contribution is 6.06. The maximum Gasteiger partial charge on any atom is 0.231 e. The molecule has 0 atom stereocenters. The number of aryl methyl sites for hydroxylation is 1. The van der Waals surface area contributed by atoms with E-state index < -0.39 is 0 Å². The Morgan fingerprint density at radius 3 is 2.82 bits per heavy atom. The minimum atomic E-state index is -0.152. The third-order valence-corrected chi connectivity index (χ3v) is 3.86. The first kappa shape index (κ1) is 13.0. The quantitative estimate of drug-likeness (QED) is 0.682. The predicted molar refractivity (Wildman–Crippen MR) is 80.0 cm³/mol. The van der Waals surface area contributed by atoms with Gasteiger partial charge in [-0.25, -0.2) is 0 Å². The lowest BCUT2D eigenvalue weighted by Crippen LogP contribution is -2.23. The molecule has 2 aliphatic heterocycles. The minimum Gasteiger partial charge on any atom is -0.458 e. The van der Waals surface area contributed by atoms with Crippen molar-refractivity contribution in [1.82, 2.24) is 5.32 Å². The van der Waals surface area contributed by atoms with Crippen molar-refractivity contribution in [2.24, 2.45) is 0 Å². The van der Waals surface area contributed by atoms with Gasteiger partial charge in [-0.05, 0) is 43.2 Å². The lowest BCUT2D eigenvalue weighted by atomic mass is 9.96. The van der Waals surface area contributed by atoms with Crippen molar-refractivity contribution in [2.45, 2.75) is 13.3 Å². The zero-order chi connectivity index (χ0) is 15.1. The summed E-state index contributed by atoms with van der Waals surface area (Å²) < 4.78 is 16.2. The van der Waals surface area contributed by atoms with Crippen LogP contribution >= 0.6 is 0 Å². The molecule has 2 aromatic rings. The molecule has 1 aromatic heterocycles. The van der Waals surface area contributed by atoms with Gasteiger partial charge >= 0.3 is 0 Å². The van der Waals surface area contributed by atoms with Crippen LogP contribution in [0.2, 0.25) is 0 Å². The smallest absolute Gasteiger partial charge is 0.231 e. The number of hydrogen-bond acceptors (Lipinski definition) is 5. The van der Waals surface area contributed by atoms with Gasteiger partial charge in [-0.3, -0.25) is 4.79 Å². The lowest BCUT2D eigenvalue weighted by molar-refractivity contribution is 0.102. The average molecular weight is 297 g/mol. The molecule has 0 fully saturated rings. The summed E-state index contributed by atoms with van der Waals surface area (Å²) in [6.07, 6.45) is 2.47. The number of fused-ring (bicyclic) bond motifs is 2. The fourth-order valence-electron chi connectivity index (χ4n) is 2.77. The first-order valence-corrected chi connectivity index (χ1v) is 7.20. The first-order valence-electron chi connectivity index (χ1n) is 7.20. The molecule has 4 rings (SSSR count). The normalized spacial score (nSPS) is 17.2. The van der Waals surface area contributed by atoms with Crippen LogP contribution in [-0.4, -0.2) is 19.1 Å². The number of rotatable bonds is 2. The molecule has 0 saturated carbocycles. The number of hydrogen-bond donors (Lipinski definition) is 1. The number of carbonyl (C=O) groups excluding carboxylic acids is 1. The second kappa shape index (κ2) is 4.94. The van der Waals surface area contributed by atoms with Gasteiger partial charge in [-0.1, -0.05) is 0 Å². The van der Waals surface area contributed by atoms with Crippen LogP contribution in [0.3, 0.4) is 0 Å². The SMILES string of the molecule is Cc1ccc(C(=O)C=C2NCCc3cc4c(cc32)OCO4)o1. The molecule has 5 heteroatoms. The van der Waals surface area contributed by atoms with E-state index in [4.69, 9.17) is 13.9 Å². The molecule has 5 nitrogen and oxygen atoms in total. The van der Waals surface area contributed by atoms with Crippen LogP contribution in [0, 0.1) is 6.92 Å². The van der Waals surface area contributed by atoms with E-state index in [-0.39, 0.29) is 12.6 Å². The molecule has 2 aliphatic rings. The summed E-state index contributed by atoms with van der Waals surface area (Å²) in [6.45, 7) is 2.84. The highest BCUT2D eigenvalue weighted by Crippen LogP contribution is 2.38. The Bertz CT molecular complexity index is 788. The maximum absolute atomic E-state index is 12.3. The molecule has 0 saturated heterocycles. The van der Waals surface area contributed by atoms with Gasteiger partial charge in [0, 0.05) is 23.9 Å². The van der Waals surface area contributed by atoms with Crippen molar-refractivity contribution in [3.63, 3.8) is 0 Å². The van der Waals surface area contributed by atoms with E-state index in [1.807, 2.05) is 19.1 Å². The molecule has 0 aliphatic carbocycles. The summed E-state index contributed by atoms with van der Waals surface area (Å²) in [4.78, 5) is 12.3. The first-order chi connectivity index (χ1) is 10.7. The van der Waals surface area contributed by atoms with Crippen LogP contribution in [0.1, 0.15) is 27.4 Å². The summed E-state index contributed by atoms with van der Waals surface area (Å²) in [5.74, 6) is 2.41. The summed E-state index contributed by atoms with van der Waals surface area (Å²) in [5.41, 5.74) is 2.92. The minimum absolute atomic E-state index is 0.152. The van der Waals surface area contributed by atoms with Gasteiger partial charge in [0.15, 0.2) is 17.3 Å². The summed E-state index contributed by atoms with van der Waals surface area (Å²) >= 11 is 0. The molecule has 0 amide bonds. The third kappa shape index (κ3) is 2.15. The molecule has 0 radical (unpaired) electrons. The Morgan fingerprint density at radius 1 is 1.23 bits per heavy atom. The molecule has 0 spiro atoms. The van der Waals surface area contributed by atoms with Crippen LogP contribution in [0.5, 0.6) is 11.5 Å². The molecule has 3 heterocycles. The van der Waals surface area contributed by atoms with Crippen molar-refractivity contribution in [1.29, 1.82) is 0 Å². The van der Waals surface area contributed by atoms with Crippen molar-refractivity contribution in [2.75, 3.05) is 13.3 Å². The third-order valence-electron chi connectivity index (χ3n) is 3.86. The number of carbonyl (C=O) groups is 1. The van der Waals surface area contributed by atoms with Gasteiger partial charge in [-0.15, -0.1) is 0 Å².